The van der Waals surface area contributed by atoms with E-state index in [4.69, 9.17) is 9.47 Å². The van der Waals surface area contributed by atoms with Gasteiger partial charge >= 0.3 is 0 Å². The molecule has 1 N–H and O–H groups in total. The zero-order valence-electron chi connectivity index (χ0n) is 10.4. The average molecular weight is 241 g/mol. The molecule has 2 rings (SSSR count). The molecule has 2 aliphatic rings. The Hall–Kier alpha value is -0.420. The second-order valence-electron chi connectivity index (χ2n) is 4.97. The molecule has 0 saturated carbocycles. The molecule has 2 aliphatic heterocycles. The number of β-amino-alcohol motifs (C(OH)–C–C–N with tert-alkyl or cyclic N) is 1. The third-order valence-corrected chi connectivity index (χ3v) is 3.48. The maximum absolute atomic E-state index is 9.89. The summed E-state index contributed by atoms with van der Waals surface area (Å²) in [5.41, 5.74) is 0. The quantitative estimate of drug-likeness (QED) is 0.733. The summed E-state index contributed by atoms with van der Waals surface area (Å²) < 4.78 is 11.4. The van der Waals surface area contributed by atoms with Crippen molar-refractivity contribution in [1.82, 2.24) is 4.90 Å². The van der Waals surface area contributed by atoms with E-state index < -0.39 is 0 Å². The Balaban J connectivity index is 1.78. The van der Waals surface area contributed by atoms with E-state index in [0.29, 0.717) is 19.8 Å². The zero-order chi connectivity index (χ0) is 12.1. The molecule has 98 valence electrons. The molecular formula is C13H23NO3. The van der Waals surface area contributed by atoms with Gasteiger partial charge in [0.1, 0.15) is 0 Å². The van der Waals surface area contributed by atoms with Crippen LogP contribution in [0.25, 0.3) is 0 Å². The maximum Gasteiger partial charge on any atom is 0.181 e. The Kier molecular flexibility index (Phi) is 4.56. The van der Waals surface area contributed by atoms with Gasteiger partial charge in [0.05, 0.1) is 25.9 Å². The number of hydrogen-bond donors (Lipinski definition) is 1. The number of ether oxygens (including phenoxy) is 2. The summed E-state index contributed by atoms with van der Waals surface area (Å²) in [5, 5.41) is 9.89. The molecule has 17 heavy (non-hydrogen) atoms. The van der Waals surface area contributed by atoms with Gasteiger partial charge in [-0.2, -0.15) is 0 Å². The van der Waals surface area contributed by atoms with Gasteiger partial charge in [0.2, 0.25) is 0 Å². The molecule has 0 aromatic heterocycles. The Bertz CT molecular complexity index is 251. The topological polar surface area (TPSA) is 41.9 Å². The molecule has 2 heterocycles. The molecule has 2 saturated heterocycles. The van der Waals surface area contributed by atoms with Gasteiger partial charge in [-0.05, 0) is 25.8 Å². The summed E-state index contributed by atoms with van der Waals surface area (Å²) in [4.78, 5) is 2.25. The van der Waals surface area contributed by atoms with E-state index in [1.54, 1.807) is 0 Å². The lowest BCUT2D eigenvalue weighted by Gasteiger charge is -2.39. The molecule has 0 aliphatic carbocycles. The highest BCUT2D eigenvalue weighted by molar-refractivity contribution is 4.85. The molecule has 0 radical (unpaired) electrons. The fourth-order valence-electron chi connectivity index (χ4n) is 2.66. The summed E-state index contributed by atoms with van der Waals surface area (Å²) >= 11 is 0. The van der Waals surface area contributed by atoms with Crippen LogP contribution in [0.2, 0.25) is 0 Å². The monoisotopic (exact) mass is 241 g/mol. The summed E-state index contributed by atoms with van der Waals surface area (Å²) in [6.45, 7) is 7.60. The van der Waals surface area contributed by atoms with Gasteiger partial charge in [0.25, 0.3) is 0 Å². The van der Waals surface area contributed by atoms with Crippen LogP contribution in [0.1, 0.15) is 25.7 Å². The van der Waals surface area contributed by atoms with E-state index in [-0.39, 0.29) is 11.9 Å². The average Bonchev–Trinajstić information content (AvgIpc) is 2.74. The van der Waals surface area contributed by atoms with Gasteiger partial charge in [-0.15, -0.1) is 6.58 Å². The molecule has 2 fully saturated rings. The van der Waals surface area contributed by atoms with Crippen LogP contribution in [0, 0.1) is 0 Å². The fourth-order valence-corrected chi connectivity index (χ4v) is 2.66. The van der Waals surface area contributed by atoms with Crippen molar-refractivity contribution in [2.45, 2.75) is 37.6 Å². The number of nitrogens with zero attached hydrogens (tertiary/aromatic N) is 1. The van der Waals surface area contributed by atoms with E-state index in [0.717, 1.165) is 38.8 Å². The first kappa shape index (κ1) is 13.0. The summed E-state index contributed by atoms with van der Waals surface area (Å²) in [5.74, 6) is -0.379. The lowest BCUT2D eigenvalue weighted by atomic mass is 10.0. The van der Waals surface area contributed by atoms with Crippen molar-refractivity contribution in [1.29, 1.82) is 0 Å². The second-order valence-corrected chi connectivity index (χ2v) is 4.97. The van der Waals surface area contributed by atoms with E-state index >= 15 is 0 Å². The SMILES string of the molecule is C=CCCC(O)CN1CCCC2(C1)OCCO2. The molecule has 1 atom stereocenters. The van der Waals surface area contributed by atoms with Crippen molar-refractivity contribution in [2.24, 2.45) is 0 Å². The van der Waals surface area contributed by atoms with Crippen molar-refractivity contribution in [3.8, 4) is 0 Å². The molecule has 0 bridgehead atoms. The van der Waals surface area contributed by atoms with Crippen LogP contribution >= 0.6 is 0 Å². The third-order valence-electron chi connectivity index (χ3n) is 3.48. The molecule has 0 amide bonds. The minimum Gasteiger partial charge on any atom is -0.392 e. The minimum absolute atomic E-state index is 0.274. The third kappa shape index (κ3) is 3.52. The Labute approximate surface area is 103 Å². The van der Waals surface area contributed by atoms with Crippen molar-refractivity contribution >= 4 is 0 Å². The van der Waals surface area contributed by atoms with Crippen LogP contribution in [-0.2, 0) is 9.47 Å². The molecule has 4 nitrogen and oxygen atoms in total. The van der Waals surface area contributed by atoms with Crippen LogP contribution in [0.3, 0.4) is 0 Å². The van der Waals surface area contributed by atoms with E-state index in [1.807, 2.05) is 6.08 Å². The van der Waals surface area contributed by atoms with E-state index in [1.165, 1.54) is 0 Å². The molecule has 1 unspecified atom stereocenters. The van der Waals surface area contributed by atoms with E-state index in [2.05, 4.69) is 11.5 Å². The maximum atomic E-state index is 9.89. The van der Waals surface area contributed by atoms with Crippen LogP contribution in [0.4, 0.5) is 0 Å². The minimum atomic E-state index is -0.379. The largest absolute Gasteiger partial charge is 0.392 e. The van der Waals surface area contributed by atoms with Gasteiger partial charge in [-0.1, -0.05) is 6.08 Å². The molecule has 0 aromatic carbocycles. The highest BCUT2D eigenvalue weighted by Gasteiger charge is 2.40. The number of rotatable bonds is 5. The highest BCUT2D eigenvalue weighted by Crippen LogP contribution is 2.30. The van der Waals surface area contributed by atoms with Gasteiger partial charge in [0.15, 0.2) is 5.79 Å². The predicted molar refractivity (Wildman–Crippen MR) is 65.7 cm³/mol. The second kappa shape index (κ2) is 5.96. The number of hydrogen-bond acceptors (Lipinski definition) is 4. The number of aliphatic hydroxyl groups excluding tert-OH is 1. The smallest absolute Gasteiger partial charge is 0.181 e. The van der Waals surface area contributed by atoms with Crippen LogP contribution in [-0.4, -0.2) is 54.7 Å². The van der Waals surface area contributed by atoms with Crippen molar-refractivity contribution in [3.05, 3.63) is 12.7 Å². The van der Waals surface area contributed by atoms with Crippen LogP contribution in [0.5, 0.6) is 0 Å². The van der Waals surface area contributed by atoms with Crippen molar-refractivity contribution < 1.29 is 14.6 Å². The Morgan fingerprint density at radius 2 is 2.18 bits per heavy atom. The lowest BCUT2D eigenvalue weighted by Crippen LogP contribution is -2.50. The van der Waals surface area contributed by atoms with Crippen LogP contribution < -0.4 is 0 Å². The number of allylic oxidation sites excluding steroid dienone is 1. The van der Waals surface area contributed by atoms with Crippen LogP contribution in [0.15, 0.2) is 12.7 Å². The van der Waals surface area contributed by atoms with Gasteiger partial charge < -0.3 is 14.6 Å². The first-order valence-corrected chi connectivity index (χ1v) is 6.53. The van der Waals surface area contributed by atoms with Gasteiger partial charge in [-0.25, -0.2) is 0 Å². The summed E-state index contributed by atoms with van der Waals surface area (Å²) in [7, 11) is 0. The van der Waals surface area contributed by atoms with E-state index in [9.17, 15) is 5.11 Å². The Morgan fingerprint density at radius 1 is 1.41 bits per heavy atom. The highest BCUT2D eigenvalue weighted by atomic mass is 16.7. The number of likely N-dealkylation sites (tertiary alicyclic amines) is 1. The number of piperidine rings is 1. The normalized spacial score (nSPS) is 26.2. The van der Waals surface area contributed by atoms with Gasteiger partial charge in [0, 0.05) is 13.0 Å². The zero-order valence-corrected chi connectivity index (χ0v) is 10.4. The molecule has 1 spiro atoms. The standard InChI is InChI=1S/C13H23NO3/c1-2-3-5-12(15)10-14-7-4-6-13(11-14)16-8-9-17-13/h2,12,15H,1,3-11H2. The van der Waals surface area contributed by atoms with Crippen molar-refractivity contribution in [3.63, 3.8) is 0 Å². The Morgan fingerprint density at radius 3 is 2.88 bits per heavy atom. The van der Waals surface area contributed by atoms with Crippen molar-refractivity contribution in [2.75, 3.05) is 32.8 Å². The predicted octanol–water partition coefficient (Wildman–Crippen LogP) is 1.15. The fraction of sp³-hybridized carbons (Fsp3) is 0.846. The first-order chi connectivity index (χ1) is 8.24. The number of aliphatic hydroxyl groups is 1. The summed E-state index contributed by atoms with van der Waals surface area (Å²) in [6.07, 6.45) is 5.29. The molecular weight excluding hydrogens is 218 g/mol. The lowest BCUT2D eigenvalue weighted by molar-refractivity contribution is -0.191. The first-order valence-electron chi connectivity index (χ1n) is 6.53. The van der Waals surface area contributed by atoms with Gasteiger partial charge in [-0.3, -0.25) is 4.90 Å². The molecule has 0 aromatic rings. The molecule has 4 heteroatoms. The summed E-state index contributed by atoms with van der Waals surface area (Å²) in [6, 6.07) is 0.